The molecule has 0 aliphatic carbocycles. The summed E-state index contributed by atoms with van der Waals surface area (Å²) in [6, 6.07) is 8.14. The third-order valence-electron chi connectivity index (χ3n) is 5.19. The number of rotatable bonds is 3. The van der Waals surface area contributed by atoms with Gasteiger partial charge in [0.05, 0.1) is 23.1 Å². The van der Waals surface area contributed by atoms with Crippen LogP contribution in [-0.4, -0.2) is 52.0 Å². The first-order valence-electron chi connectivity index (χ1n) is 9.80. The van der Waals surface area contributed by atoms with Gasteiger partial charge in [0.25, 0.3) is 11.5 Å². The number of benzene rings is 1. The highest BCUT2D eigenvalue weighted by molar-refractivity contribution is 6.31. The number of nitrogens with one attached hydrogen (secondary N) is 1. The number of ether oxygens (including phenoxy) is 1. The summed E-state index contributed by atoms with van der Waals surface area (Å²) in [6.45, 7) is 3.17. The number of carbonyl (C=O) groups is 2. The lowest BCUT2D eigenvalue weighted by molar-refractivity contribution is 0.0859. The lowest BCUT2D eigenvalue weighted by Gasteiger charge is -2.31. The summed E-state index contributed by atoms with van der Waals surface area (Å²) in [4.78, 5) is 43.4. The maximum Gasteiger partial charge on any atom is 0.409 e. The second-order valence-electron chi connectivity index (χ2n) is 7.16. The number of carbonyl (C=O) groups excluding carboxylic acids is 2. The fourth-order valence-corrected chi connectivity index (χ4v) is 3.77. The van der Waals surface area contributed by atoms with Crippen molar-refractivity contribution in [2.24, 2.45) is 0 Å². The van der Waals surface area contributed by atoms with Crippen LogP contribution < -0.4 is 10.9 Å². The first-order valence-corrected chi connectivity index (χ1v) is 10.2. The highest BCUT2D eigenvalue weighted by Crippen LogP contribution is 2.17. The van der Waals surface area contributed by atoms with Gasteiger partial charge in [0.1, 0.15) is 5.65 Å². The summed E-state index contributed by atoms with van der Waals surface area (Å²) in [5.41, 5.74) is 1.06. The predicted octanol–water partition coefficient (Wildman–Crippen LogP) is 2.85. The van der Waals surface area contributed by atoms with Gasteiger partial charge in [-0.15, -0.1) is 0 Å². The Morgan fingerprint density at radius 3 is 2.73 bits per heavy atom. The van der Waals surface area contributed by atoms with E-state index in [1.165, 1.54) is 10.6 Å². The van der Waals surface area contributed by atoms with Crippen molar-refractivity contribution in [3.63, 3.8) is 0 Å². The number of aromatic nitrogens is 2. The molecule has 0 unspecified atom stereocenters. The van der Waals surface area contributed by atoms with Crippen molar-refractivity contribution in [3.8, 4) is 0 Å². The van der Waals surface area contributed by atoms with Gasteiger partial charge in [0, 0.05) is 30.4 Å². The fraction of sp³-hybridized carbons (Fsp3) is 0.333. The second kappa shape index (κ2) is 8.31. The highest BCUT2D eigenvalue weighted by atomic mass is 35.5. The zero-order valence-corrected chi connectivity index (χ0v) is 17.2. The standard InChI is InChI=1S/C21H21ClN4O4/c1-2-30-21(29)25-9-7-15(8-10-25)23-19(27)13-3-6-18-24-17-11-14(22)4-5-16(17)20(28)26(18)12-13/h3-6,11-12,15H,2,7-10H2,1H3,(H,23,27). The number of pyridine rings is 1. The van der Waals surface area contributed by atoms with Crippen LogP contribution in [0.3, 0.4) is 0 Å². The van der Waals surface area contributed by atoms with Crippen LogP contribution in [0.15, 0.2) is 41.3 Å². The Labute approximate surface area is 177 Å². The van der Waals surface area contributed by atoms with E-state index >= 15 is 0 Å². The van der Waals surface area contributed by atoms with E-state index in [9.17, 15) is 14.4 Å². The summed E-state index contributed by atoms with van der Waals surface area (Å²) >= 11 is 5.99. The molecule has 3 heterocycles. The quantitative estimate of drug-likeness (QED) is 0.647. The molecule has 30 heavy (non-hydrogen) atoms. The maximum absolute atomic E-state index is 12.8. The molecular weight excluding hydrogens is 408 g/mol. The number of likely N-dealkylation sites (tertiary alicyclic amines) is 1. The minimum absolute atomic E-state index is 0.0486. The van der Waals surface area contributed by atoms with Crippen molar-refractivity contribution in [1.82, 2.24) is 19.6 Å². The molecule has 2 aromatic heterocycles. The van der Waals surface area contributed by atoms with Crippen molar-refractivity contribution in [2.75, 3.05) is 19.7 Å². The molecule has 0 bridgehead atoms. The lowest BCUT2D eigenvalue weighted by atomic mass is 10.0. The average Bonchev–Trinajstić information content (AvgIpc) is 2.74. The van der Waals surface area contributed by atoms with E-state index in [-0.39, 0.29) is 23.6 Å². The number of halogens is 1. The van der Waals surface area contributed by atoms with Gasteiger partial charge < -0.3 is 15.0 Å². The molecule has 156 valence electrons. The van der Waals surface area contributed by atoms with Gasteiger partial charge in [0.15, 0.2) is 0 Å². The summed E-state index contributed by atoms with van der Waals surface area (Å²) in [7, 11) is 0. The van der Waals surface area contributed by atoms with Crippen LogP contribution in [0, 0.1) is 0 Å². The molecule has 1 aromatic carbocycles. The highest BCUT2D eigenvalue weighted by Gasteiger charge is 2.25. The van der Waals surface area contributed by atoms with E-state index < -0.39 is 0 Å². The Bertz CT molecular complexity index is 1180. The number of hydrogen-bond donors (Lipinski definition) is 1. The van der Waals surface area contributed by atoms with E-state index in [0.717, 1.165) is 0 Å². The Kier molecular flexibility index (Phi) is 5.59. The molecule has 4 rings (SSSR count). The normalized spacial score (nSPS) is 14.8. The van der Waals surface area contributed by atoms with Crippen LogP contribution in [0.5, 0.6) is 0 Å². The molecule has 8 nitrogen and oxygen atoms in total. The van der Waals surface area contributed by atoms with Gasteiger partial charge in [-0.1, -0.05) is 11.6 Å². The van der Waals surface area contributed by atoms with Crippen molar-refractivity contribution < 1.29 is 14.3 Å². The zero-order chi connectivity index (χ0) is 21.3. The predicted molar refractivity (Wildman–Crippen MR) is 113 cm³/mol. The minimum Gasteiger partial charge on any atom is -0.450 e. The summed E-state index contributed by atoms with van der Waals surface area (Å²) in [5, 5.41) is 3.92. The van der Waals surface area contributed by atoms with Gasteiger partial charge in [-0.3, -0.25) is 14.0 Å². The summed E-state index contributed by atoms with van der Waals surface area (Å²) < 4.78 is 6.38. The van der Waals surface area contributed by atoms with Crippen molar-refractivity contribution in [3.05, 3.63) is 57.5 Å². The number of amides is 2. The van der Waals surface area contributed by atoms with E-state index in [2.05, 4.69) is 10.3 Å². The second-order valence-corrected chi connectivity index (χ2v) is 7.59. The number of fused-ring (bicyclic) bond motifs is 2. The van der Waals surface area contributed by atoms with Crippen LogP contribution in [-0.2, 0) is 4.74 Å². The van der Waals surface area contributed by atoms with Gasteiger partial charge in [-0.25, -0.2) is 9.78 Å². The molecule has 3 aromatic rings. The van der Waals surface area contributed by atoms with Crippen LogP contribution >= 0.6 is 11.6 Å². The van der Waals surface area contributed by atoms with Crippen LogP contribution in [0.25, 0.3) is 16.6 Å². The van der Waals surface area contributed by atoms with Crippen molar-refractivity contribution >= 4 is 40.2 Å². The first kappa shape index (κ1) is 20.2. The minimum atomic E-state index is -0.322. The Morgan fingerprint density at radius 1 is 1.23 bits per heavy atom. The maximum atomic E-state index is 12.8. The largest absolute Gasteiger partial charge is 0.450 e. The van der Waals surface area contributed by atoms with E-state index in [1.54, 1.807) is 42.2 Å². The molecule has 0 saturated carbocycles. The molecule has 0 spiro atoms. The molecule has 1 aliphatic heterocycles. The molecule has 9 heteroatoms. The van der Waals surface area contributed by atoms with Crippen LogP contribution in [0.4, 0.5) is 4.79 Å². The zero-order valence-electron chi connectivity index (χ0n) is 16.4. The molecular formula is C21H21ClN4O4. The van der Waals surface area contributed by atoms with Crippen LogP contribution in [0.2, 0.25) is 5.02 Å². The topological polar surface area (TPSA) is 93.0 Å². The molecule has 0 atom stereocenters. The summed E-state index contributed by atoms with van der Waals surface area (Å²) in [6.07, 6.45) is 2.47. The summed E-state index contributed by atoms with van der Waals surface area (Å²) in [5.74, 6) is -0.269. The molecule has 2 amide bonds. The van der Waals surface area contributed by atoms with Crippen LogP contribution in [0.1, 0.15) is 30.1 Å². The third-order valence-corrected chi connectivity index (χ3v) is 5.42. The Hall–Kier alpha value is -3.13. The molecule has 0 radical (unpaired) electrons. The fourth-order valence-electron chi connectivity index (χ4n) is 3.60. The monoisotopic (exact) mass is 428 g/mol. The number of hydrogen-bond acceptors (Lipinski definition) is 5. The van der Waals surface area contributed by atoms with Crippen molar-refractivity contribution in [1.29, 1.82) is 0 Å². The third kappa shape index (κ3) is 3.95. The van der Waals surface area contributed by atoms with E-state index in [1.807, 2.05) is 0 Å². The van der Waals surface area contributed by atoms with E-state index in [0.29, 0.717) is 59.7 Å². The van der Waals surface area contributed by atoms with Crippen molar-refractivity contribution in [2.45, 2.75) is 25.8 Å². The SMILES string of the molecule is CCOC(=O)N1CCC(NC(=O)c2ccc3nc4cc(Cl)ccc4c(=O)n3c2)CC1. The lowest BCUT2D eigenvalue weighted by Crippen LogP contribution is -2.46. The smallest absolute Gasteiger partial charge is 0.409 e. The Balaban J connectivity index is 1.51. The van der Waals surface area contributed by atoms with E-state index in [4.69, 9.17) is 16.3 Å². The van der Waals surface area contributed by atoms with Gasteiger partial charge in [-0.05, 0) is 50.1 Å². The number of piperidine rings is 1. The molecule has 1 N–H and O–H groups in total. The molecule has 1 saturated heterocycles. The first-order chi connectivity index (χ1) is 14.5. The van der Waals surface area contributed by atoms with Gasteiger partial charge >= 0.3 is 6.09 Å². The molecule has 1 fully saturated rings. The van der Waals surface area contributed by atoms with Gasteiger partial charge in [-0.2, -0.15) is 0 Å². The Morgan fingerprint density at radius 2 is 2.00 bits per heavy atom. The molecule has 1 aliphatic rings. The average molecular weight is 429 g/mol. The van der Waals surface area contributed by atoms with Gasteiger partial charge in [0.2, 0.25) is 0 Å². The number of nitrogens with zero attached hydrogens (tertiary/aromatic N) is 3.